The molecule has 0 nitrogen and oxygen atoms in total. The van der Waals surface area contributed by atoms with Gasteiger partial charge in [0.15, 0.2) is 0 Å². The predicted molar refractivity (Wildman–Crippen MR) is 136 cm³/mol. The number of rotatable bonds is 25. The Kier molecular flexibility index (Phi) is 25.5. The summed E-state index contributed by atoms with van der Waals surface area (Å²) in [5, 5.41) is 0. The minimum absolute atomic E-state index is 0.964. The van der Waals surface area contributed by atoms with E-state index in [1.807, 2.05) is 0 Å². The number of allylic oxidation sites excluding steroid dienone is 1. The van der Waals surface area contributed by atoms with Crippen molar-refractivity contribution in [3.05, 3.63) is 12.7 Å². The van der Waals surface area contributed by atoms with Gasteiger partial charge in [0.05, 0.1) is 0 Å². The zero-order valence-electron chi connectivity index (χ0n) is 20.8. The molecule has 0 saturated heterocycles. The standard InChI is InChI=1S/C29H58/c1-4-6-8-10-12-14-15-16-17-18-20-22-24-26-28-29(3)27-25-23-21-19-13-11-9-7-5-2/h4,29H,1,5-28H2,2-3H3. The van der Waals surface area contributed by atoms with Crippen LogP contribution in [0.15, 0.2) is 12.7 Å². The summed E-state index contributed by atoms with van der Waals surface area (Å²) in [6, 6.07) is 0. The molecule has 0 rings (SSSR count). The van der Waals surface area contributed by atoms with E-state index in [0.29, 0.717) is 0 Å². The molecule has 0 radical (unpaired) electrons. The molecular formula is C29H58. The molecule has 0 heterocycles. The van der Waals surface area contributed by atoms with E-state index in [1.54, 1.807) is 0 Å². The summed E-state index contributed by atoms with van der Waals surface area (Å²) in [7, 11) is 0. The molecule has 1 atom stereocenters. The molecule has 0 N–H and O–H groups in total. The van der Waals surface area contributed by atoms with E-state index in [1.165, 1.54) is 154 Å². The molecule has 0 aliphatic carbocycles. The maximum absolute atomic E-state index is 3.79. The van der Waals surface area contributed by atoms with Crippen LogP contribution in [0.2, 0.25) is 0 Å². The summed E-state index contributed by atoms with van der Waals surface area (Å²) in [4.78, 5) is 0. The number of hydrogen-bond donors (Lipinski definition) is 0. The largest absolute Gasteiger partial charge is 0.103 e. The van der Waals surface area contributed by atoms with Crippen molar-refractivity contribution in [2.45, 2.75) is 168 Å². The Hall–Kier alpha value is -0.260. The van der Waals surface area contributed by atoms with Crippen molar-refractivity contribution in [3.63, 3.8) is 0 Å². The highest BCUT2D eigenvalue weighted by molar-refractivity contribution is 4.65. The Labute approximate surface area is 186 Å². The second-order valence-corrected chi connectivity index (χ2v) is 9.83. The molecular weight excluding hydrogens is 348 g/mol. The highest BCUT2D eigenvalue weighted by atomic mass is 14.1. The van der Waals surface area contributed by atoms with E-state index < -0.39 is 0 Å². The van der Waals surface area contributed by atoms with Gasteiger partial charge in [-0.05, 0) is 18.8 Å². The third-order valence-corrected chi connectivity index (χ3v) is 6.66. The first-order valence-electron chi connectivity index (χ1n) is 13.9. The van der Waals surface area contributed by atoms with Gasteiger partial charge >= 0.3 is 0 Å². The minimum Gasteiger partial charge on any atom is -0.103 e. The number of unbranched alkanes of at least 4 members (excludes halogenated alkanes) is 20. The molecule has 0 aromatic rings. The third-order valence-electron chi connectivity index (χ3n) is 6.66. The smallest absolute Gasteiger partial charge is 0.0353 e. The Morgan fingerprint density at radius 1 is 0.483 bits per heavy atom. The van der Waals surface area contributed by atoms with Crippen LogP contribution in [0.5, 0.6) is 0 Å². The van der Waals surface area contributed by atoms with Crippen LogP contribution in [0.4, 0.5) is 0 Å². The summed E-state index contributed by atoms with van der Waals surface area (Å²) in [6.45, 7) is 8.58. The van der Waals surface area contributed by atoms with Gasteiger partial charge in [0.1, 0.15) is 0 Å². The highest BCUT2D eigenvalue weighted by Gasteiger charge is 2.02. The SMILES string of the molecule is C=CCCCCCCCCCCCCCCC(C)CCCCCCCCCCC. The first-order valence-corrected chi connectivity index (χ1v) is 13.9. The summed E-state index contributed by atoms with van der Waals surface area (Å²) in [5.41, 5.74) is 0. The first kappa shape index (κ1) is 28.7. The molecule has 0 saturated carbocycles. The van der Waals surface area contributed by atoms with Crippen LogP contribution in [0, 0.1) is 5.92 Å². The van der Waals surface area contributed by atoms with Crippen molar-refractivity contribution in [3.8, 4) is 0 Å². The van der Waals surface area contributed by atoms with Gasteiger partial charge in [-0.2, -0.15) is 0 Å². The zero-order valence-corrected chi connectivity index (χ0v) is 20.8. The van der Waals surface area contributed by atoms with E-state index in [0.717, 1.165) is 5.92 Å². The normalized spacial score (nSPS) is 12.3. The molecule has 0 bridgehead atoms. The van der Waals surface area contributed by atoms with E-state index in [2.05, 4.69) is 26.5 Å². The third kappa shape index (κ3) is 25.7. The van der Waals surface area contributed by atoms with Gasteiger partial charge in [-0.15, -0.1) is 6.58 Å². The Morgan fingerprint density at radius 3 is 1.14 bits per heavy atom. The van der Waals surface area contributed by atoms with Crippen LogP contribution in [0.3, 0.4) is 0 Å². The lowest BCUT2D eigenvalue weighted by atomic mass is 9.95. The zero-order chi connectivity index (χ0) is 21.3. The summed E-state index contributed by atoms with van der Waals surface area (Å²) in [6.07, 6.45) is 36.8. The molecule has 0 heteroatoms. The van der Waals surface area contributed by atoms with Crippen LogP contribution < -0.4 is 0 Å². The van der Waals surface area contributed by atoms with Crippen LogP contribution >= 0.6 is 0 Å². The van der Waals surface area contributed by atoms with Gasteiger partial charge in [-0.3, -0.25) is 0 Å². The Balaban J connectivity index is 3.12. The molecule has 0 fully saturated rings. The Morgan fingerprint density at radius 2 is 0.793 bits per heavy atom. The molecule has 0 aromatic carbocycles. The maximum Gasteiger partial charge on any atom is -0.0353 e. The predicted octanol–water partition coefficient (Wildman–Crippen LogP) is 11.2. The fourth-order valence-electron chi connectivity index (χ4n) is 4.50. The van der Waals surface area contributed by atoms with Crippen LogP contribution in [-0.4, -0.2) is 0 Å². The summed E-state index contributed by atoms with van der Waals surface area (Å²) >= 11 is 0. The fraction of sp³-hybridized carbons (Fsp3) is 0.931. The van der Waals surface area contributed by atoms with Crippen LogP contribution in [0.1, 0.15) is 168 Å². The second kappa shape index (κ2) is 25.8. The average Bonchev–Trinajstić information content (AvgIpc) is 2.72. The van der Waals surface area contributed by atoms with Crippen LogP contribution in [-0.2, 0) is 0 Å². The topological polar surface area (TPSA) is 0 Å². The fourth-order valence-corrected chi connectivity index (χ4v) is 4.50. The molecule has 0 aromatic heterocycles. The molecule has 174 valence electrons. The molecule has 1 unspecified atom stereocenters. The Bertz CT molecular complexity index is 292. The molecule has 29 heavy (non-hydrogen) atoms. The van der Waals surface area contributed by atoms with Crippen molar-refractivity contribution in [2.24, 2.45) is 5.92 Å². The minimum atomic E-state index is 0.964. The van der Waals surface area contributed by atoms with Crippen molar-refractivity contribution >= 4 is 0 Å². The van der Waals surface area contributed by atoms with E-state index in [9.17, 15) is 0 Å². The first-order chi connectivity index (χ1) is 14.3. The van der Waals surface area contributed by atoms with E-state index in [4.69, 9.17) is 0 Å². The second-order valence-electron chi connectivity index (χ2n) is 9.83. The lowest BCUT2D eigenvalue weighted by Gasteiger charge is -2.11. The average molecular weight is 407 g/mol. The summed E-state index contributed by atoms with van der Waals surface area (Å²) in [5.74, 6) is 0.964. The lowest BCUT2D eigenvalue weighted by Crippen LogP contribution is -1.95. The molecule has 0 amide bonds. The molecule has 0 aliphatic rings. The van der Waals surface area contributed by atoms with Gasteiger partial charge in [-0.1, -0.05) is 161 Å². The van der Waals surface area contributed by atoms with Gasteiger partial charge in [-0.25, -0.2) is 0 Å². The lowest BCUT2D eigenvalue weighted by molar-refractivity contribution is 0.430. The van der Waals surface area contributed by atoms with E-state index in [-0.39, 0.29) is 0 Å². The highest BCUT2D eigenvalue weighted by Crippen LogP contribution is 2.19. The van der Waals surface area contributed by atoms with Crippen LogP contribution in [0.25, 0.3) is 0 Å². The van der Waals surface area contributed by atoms with Gasteiger partial charge in [0, 0.05) is 0 Å². The van der Waals surface area contributed by atoms with Gasteiger partial charge in [0.2, 0.25) is 0 Å². The molecule has 0 aliphatic heterocycles. The quantitative estimate of drug-likeness (QED) is 0.104. The summed E-state index contributed by atoms with van der Waals surface area (Å²) < 4.78 is 0. The van der Waals surface area contributed by atoms with Crippen molar-refractivity contribution in [1.29, 1.82) is 0 Å². The monoisotopic (exact) mass is 406 g/mol. The van der Waals surface area contributed by atoms with E-state index >= 15 is 0 Å². The van der Waals surface area contributed by atoms with Crippen molar-refractivity contribution in [2.75, 3.05) is 0 Å². The number of hydrogen-bond acceptors (Lipinski definition) is 0. The van der Waals surface area contributed by atoms with Crippen molar-refractivity contribution in [1.82, 2.24) is 0 Å². The van der Waals surface area contributed by atoms with Crippen molar-refractivity contribution < 1.29 is 0 Å². The molecule has 0 spiro atoms. The van der Waals surface area contributed by atoms with Gasteiger partial charge in [0.25, 0.3) is 0 Å². The van der Waals surface area contributed by atoms with Gasteiger partial charge < -0.3 is 0 Å². The maximum atomic E-state index is 3.79.